The monoisotopic (exact) mass is 241 g/mol. The molecule has 1 rings (SSSR count). The van der Waals surface area contributed by atoms with E-state index in [1.807, 2.05) is 19.6 Å². The number of hydrogen-bond donors (Lipinski definition) is 1. The summed E-state index contributed by atoms with van der Waals surface area (Å²) in [7, 11) is 3.58. The van der Waals surface area contributed by atoms with Gasteiger partial charge < -0.3 is 14.4 Å². The molecule has 0 aliphatic heterocycles. The average Bonchev–Trinajstić information content (AvgIpc) is 2.65. The van der Waals surface area contributed by atoms with E-state index in [-0.39, 0.29) is 0 Å². The number of nitrogens with zero attached hydrogens (tertiary/aromatic N) is 3. The van der Waals surface area contributed by atoms with Gasteiger partial charge in [0.15, 0.2) is 0 Å². The number of ether oxygens (including phenoxy) is 1. The van der Waals surface area contributed by atoms with Crippen LogP contribution in [0, 0.1) is 0 Å². The Labute approximate surface area is 103 Å². The van der Waals surface area contributed by atoms with Crippen molar-refractivity contribution < 1.29 is 9.84 Å². The molecule has 98 valence electrons. The van der Waals surface area contributed by atoms with Gasteiger partial charge in [-0.15, -0.1) is 0 Å². The van der Waals surface area contributed by atoms with Gasteiger partial charge in [-0.2, -0.15) is 0 Å². The molecular weight excluding hydrogens is 218 g/mol. The van der Waals surface area contributed by atoms with Crippen molar-refractivity contribution in [3.05, 3.63) is 18.2 Å². The zero-order chi connectivity index (χ0) is 12.8. The van der Waals surface area contributed by atoms with Crippen molar-refractivity contribution in [1.82, 2.24) is 14.5 Å². The fourth-order valence-electron chi connectivity index (χ4n) is 1.87. The largest absolute Gasteiger partial charge is 0.389 e. The van der Waals surface area contributed by atoms with E-state index in [0.29, 0.717) is 19.2 Å². The van der Waals surface area contributed by atoms with Crippen LogP contribution < -0.4 is 0 Å². The molecule has 1 aromatic heterocycles. The van der Waals surface area contributed by atoms with Crippen LogP contribution in [-0.4, -0.2) is 53.0 Å². The van der Waals surface area contributed by atoms with Crippen LogP contribution in [0.2, 0.25) is 0 Å². The van der Waals surface area contributed by atoms with Crippen LogP contribution >= 0.6 is 0 Å². The lowest BCUT2D eigenvalue weighted by Crippen LogP contribution is -2.32. The van der Waals surface area contributed by atoms with Crippen molar-refractivity contribution in [2.24, 2.45) is 0 Å². The summed E-state index contributed by atoms with van der Waals surface area (Å²) in [6.07, 6.45) is 3.28. The first-order chi connectivity index (χ1) is 8.04. The van der Waals surface area contributed by atoms with Crippen LogP contribution in [-0.2, 0) is 11.3 Å². The molecule has 5 heteroatoms. The molecule has 0 bridgehead atoms. The Morgan fingerprint density at radius 1 is 1.53 bits per heavy atom. The fraction of sp³-hybridized carbons (Fsp3) is 0.750. The Hall–Kier alpha value is -0.910. The highest BCUT2D eigenvalue weighted by atomic mass is 16.5. The van der Waals surface area contributed by atoms with Gasteiger partial charge in [-0.1, -0.05) is 0 Å². The molecule has 0 fully saturated rings. The maximum Gasteiger partial charge on any atom is 0.0951 e. The van der Waals surface area contributed by atoms with Gasteiger partial charge in [0.25, 0.3) is 0 Å². The van der Waals surface area contributed by atoms with Crippen molar-refractivity contribution in [3.8, 4) is 0 Å². The third-order valence-corrected chi connectivity index (χ3v) is 2.62. The number of aliphatic hydroxyl groups is 1. The molecule has 1 atom stereocenters. The molecule has 5 nitrogen and oxygen atoms in total. The summed E-state index contributed by atoms with van der Waals surface area (Å²) in [5.74, 6) is 0. The normalized spacial score (nSPS) is 13.6. The number of aliphatic hydroxyl groups excluding tert-OH is 1. The molecule has 1 heterocycles. The summed E-state index contributed by atoms with van der Waals surface area (Å²) >= 11 is 0. The number of aromatic nitrogens is 2. The van der Waals surface area contributed by atoms with Gasteiger partial charge in [0.2, 0.25) is 0 Å². The van der Waals surface area contributed by atoms with E-state index >= 15 is 0 Å². The van der Waals surface area contributed by atoms with Crippen molar-refractivity contribution in [1.29, 1.82) is 0 Å². The second-order valence-corrected chi connectivity index (χ2v) is 4.69. The molecule has 1 N–H and O–H groups in total. The zero-order valence-corrected chi connectivity index (χ0v) is 11.1. The number of likely N-dealkylation sites (N-methyl/N-ethyl adjacent to an activating group) is 1. The highest BCUT2D eigenvalue weighted by Gasteiger charge is 2.11. The highest BCUT2D eigenvalue weighted by Crippen LogP contribution is 2.10. The predicted octanol–water partition coefficient (Wildman–Crippen LogP) is 0.903. The van der Waals surface area contributed by atoms with E-state index < -0.39 is 6.10 Å². The molecule has 0 amide bonds. The summed E-state index contributed by atoms with van der Waals surface area (Å²) in [5, 5.41) is 9.64. The van der Waals surface area contributed by atoms with Crippen LogP contribution in [0.25, 0.3) is 0 Å². The van der Waals surface area contributed by atoms with Gasteiger partial charge in [-0.25, -0.2) is 4.98 Å². The molecule has 0 radical (unpaired) electrons. The lowest BCUT2D eigenvalue weighted by molar-refractivity contribution is 0.0414. The van der Waals surface area contributed by atoms with Gasteiger partial charge in [0, 0.05) is 32.4 Å². The summed E-state index contributed by atoms with van der Waals surface area (Å²) in [6.45, 7) is 6.00. The van der Waals surface area contributed by atoms with E-state index in [4.69, 9.17) is 4.74 Å². The van der Waals surface area contributed by atoms with Gasteiger partial charge >= 0.3 is 0 Å². The summed E-state index contributed by atoms with van der Waals surface area (Å²) in [4.78, 5) is 6.23. The topological polar surface area (TPSA) is 50.5 Å². The van der Waals surface area contributed by atoms with Crippen molar-refractivity contribution >= 4 is 0 Å². The maximum atomic E-state index is 9.64. The van der Waals surface area contributed by atoms with E-state index in [9.17, 15) is 5.11 Å². The lowest BCUT2D eigenvalue weighted by Gasteiger charge is -2.21. The van der Waals surface area contributed by atoms with Gasteiger partial charge in [0.1, 0.15) is 0 Å². The van der Waals surface area contributed by atoms with E-state index in [1.165, 1.54) is 0 Å². The first-order valence-corrected chi connectivity index (χ1v) is 5.90. The van der Waals surface area contributed by atoms with Crippen LogP contribution in [0.15, 0.2) is 12.5 Å². The molecule has 0 aromatic carbocycles. The highest BCUT2D eigenvalue weighted by molar-refractivity contribution is 4.99. The molecule has 0 saturated carbocycles. The molecule has 17 heavy (non-hydrogen) atoms. The third-order valence-electron chi connectivity index (χ3n) is 2.62. The Morgan fingerprint density at radius 2 is 2.24 bits per heavy atom. The molecule has 0 spiro atoms. The minimum Gasteiger partial charge on any atom is -0.389 e. The Kier molecular flexibility index (Phi) is 5.61. The SMILES string of the molecule is COCC(O)CN(C)Cc1cncn1C(C)C. The van der Waals surface area contributed by atoms with Crippen LogP contribution in [0.1, 0.15) is 25.6 Å². The van der Waals surface area contributed by atoms with E-state index in [0.717, 1.165) is 12.2 Å². The smallest absolute Gasteiger partial charge is 0.0951 e. The minimum absolute atomic E-state index is 0.369. The summed E-state index contributed by atoms with van der Waals surface area (Å²) in [6, 6.07) is 0.407. The van der Waals surface area contributed by atoms with Crippen LogP contribution in [0.4, 0.5) is 0 Å². The molecule has 0 aliphatic rings. The predicted molar refractivity (Wildman–Crippen MR) is 66.8 cm³/mol. The van der Waals surface area contributed by atoms with Crippen molar-refractivity contribution in [2.75, 3.05) is 27.3 Å². The first-order valence-electron chi connectivity index (χ1n) is 5.90. The van der Waals surface area contributed by atoms with Gasteiger partial charge in [-0.3, -0.25) is 4.90 Å². The van der Waals surface area contributed by atoms with Gasteiger partial charge in [0.05, 0.1) is 24.7 Å². The number of hydrogen-bond acceptors (Lipinski definition) is 4. The third kappa shape index (κ3) is 4.46. The average molecular weight is 241 g/mol. The Balaban J connectivity index is 2.50. The minimum atomic E-state index is -0.444. The van der Waals surface area contributed by atoms with E-state index in [1.54, 1.807) is 7.11 Å². The second-order valence-electron chi connectivity index (χ2n) is 4.69. The number of imidazole rings is 1. The van der Waals surface area contributed by atoms with Gasteiger partial charge in [-0.05, 0) is 20.9 Å². The number of methoxy groups -OCH3 is 1. The molecule has 1 unspecified atom stereocenters. The van der Waals surface area contributed by atoms with Crippen molar-refractivity contribution in [3.63, 3.8) is 0 Å². The maximum absolute atomic E-state index is 9.64. The Bertz CT molecular complexity index is 325. The summed E-state index contributed by atoms with van der Waals surface area (Å²) in [5.41, 5.74) is 1.16. The lowest BCUT2D eigenvalue weighted by atomic mass is 10.3. The Morgan fingerprint density at radius 3 is 2.82 bits per heavy atom. The van der Waals surface area contributed by atoms with Crippen LogP contribution in [0.5, 0.6) is 0 Å². The fourth-order valence-corrected chi connectivity index (χ4v) is 1.87. The second kappa shape index (κ2) is 6.74. The number of rotatable bonds is 7. The van der Waals surface area contributed by atoms with E-state index in [2.05, 4.69) is 28.3 Å². The van der Waals surface area contributed by atoms with Crippen molar-refractivity contribution in [2.45, 2.75) is 32.5 Å². The molecule has 0 saturated heterocycles. The molecular formula is C12H23N3O2. The first kappa shape index (κ1) is 14.2. The standard InChI is InChI=1S/C12H23N3O2/c1-10(2)15-9-13-5-11(15)6-14(3)7-12(16)8-17-4/h5,9-10,12,16H,6-8H2,1-4H3. The molecule has 0 aliphatic carbocycles. The van der Waals surface area contributed by atoms with Crippen LogP contribution in [0.3, 0.4) is 0 Å². The summed E-state index contributed by atoms with van der Waals surface area (Å²) < 4.78 is 7.05. The molecule has 1 aromatic rings. The zero-order valence-electron chi connectivity index (χ0n) is 11.1. The quantitative estimate of drug-likeness (QED) is 0.770.